The molecule has 0 atom stereocenters. The summed E-state index contributed by atoms with van der Waals surface area (Å²) in [5.74, 6) is 2.19. The standard InChI is InChI=1S/C21H22N2O3S/c1-2-19(24)22-12-10-21(11-13-22)23(20(25)15-27-21)14-17-8-9-18(26-17)16-6-4-3-5-7-16/h2-9H,1,10-15H2. The molecule has 2 amide bonds. The maximum absolute atomic E-state index is 12.6. The van der Waals surface area contributed by atoms with E-state index in [1.165, 1.54) is 6.08 Å². The van der Waals surface area contributed by atoms with Crippen LogP contribution in [0.1, 0.15) is 18.6 Å². The molecule has 2 aliphatic rings. The molecule has 27 heavy (non-hydrogen) atoms. The highest BCUT2D eigenvalue weighted by Gasteiger charge is 2.48. The van der Waals surface area contributed by atoms with Gasteiger partial charge >= 0.3 is 0 Å². The van der Waals surface area contributed by atoms with Crippen molar-refractivity contribution in [1.82, 2.24) is 9.80 Å². The Morgan fingerprint density at radius 2 is 1.93 bits per heavy atom. The minimum atomic E-state index is -0.241. The zero-order valence-corrected chi connectivity index (χ0v) is 15.9. The molecule has 0 unspecified atom stereocenters. The molecule has 2 aliphatic heterocycles. The zero-order valence-electron chi connectivity index (χ0n) is 15.1. The van der Waals surface area contributed by atoms with Crippen LogP contribution in [0.2, 0.25) is 0 Å². The number of rotatable bonds is 4. The fourth-order valence-electron chi connectivity index (χ4n) is 3.81. The van der Waals surface area contributed by atoms with Crippen LogP contribution in [0.15, 0.2) is 59.5 Å². The van der Waals surface area contributed by atoms with Gasteiger partial charge < -0.3 is 14.2 Å². The summed E-state index contributed by atoms with van der Waals surface area (Å²) in [7, 11) is 0. The van der Waals surface area contributed by atoms with Gasteiger partial charge in [-0.2, -0.15) is 0 Å². The topological polar surface area (TPSA) is 53.8 Å². The average Bonchev–Trinajstić information content (AvgIpc) is 3.30. The van der Waals surface area contributed by atoms with E-state index in [0.717, 1.165) is 29.9 Å². The van der Waals surface area contributed by atoms with E-state index < -0.39 is 0 Å². The summed E-state index contributed by atoms with van der Waals surface area (Å²) in [6.45, 7) is 5.32. The molecule has 140 valence electrons. The highest BCUT2D eigenvalue weighted by molar-refractivity contribution is 8.01. The molecule has 0 radical (unpaired) electrons. The van der Waals surface area contributed by atoms with Crippen LogP contribution < -0.4 is 0 Å². The summed E-state index contributed by atoms with van der Waals surface area (Å²) in [5.41, 5.74) is 1.02. The van der Waals surface area contributed by atoms with Crippen LogP contribution in [-0.4, -0.2) is 45.3 Å². The van der Waals surface area contributed by atoms with E-state index in [1.807, 2.05) is 47.4 Å². The Kier molecular flexibility index (Phi) is 4.83. The molecule has 2 aromatic rings. The van der Waals surface area contributed by atoms with Gasteiger partial charge in [-0.05, 0) is 31.1 Å². The molecule has 5 nitrogen and oxygen atoms in total. The maximum atomic E-state index is 12.6. The van der Waals surface area contributed by atoms with Crippen molar-refractivity contribution in [3.8, 4) is 11.3 Å². The van der Waals surface area contributed by atoms with Crippen molar-refractivity contribution >= 4 is 23.6 Å². The molecular formula is C21H22N2O3S. The SMILES string of the molecule is C=CC(=O)N1CCC2(CC1)SCC(=O)N2Cc1ccc(-c2ccccc2)o1. The van der Waals surface area contributed by atoms with Gasteiger partial charge in [0.05, 0.1) is 17.2 Å². The molecule has 0 bridgehead atoms. The van der Waals surface area contributed by atoms with Crippen LogP contribution in [0, 0.1) is 0 Å². The van der Waals surface area contributed by atoms with E-state index >= 15 is 0 Å². The molecule has 1 aromatic carbocycles. The molecular weight excluding hydrogens is 360 g/mol. The molecule has 1 aromatic heterocycles. The second kappa shape index (κ2) is 7.27. The van der Waals surface area contributed by atoms with Crippen molar-refractivity contribution in [2.75, 3.05) is 18.8 Å². The van der Waals surface area contributed by atoms with Gasteiger partial charge in [0.2, 0.25) is 11.8 Å². The molecule has 1 spiro atoms. The number of carbonyl (C=O) groups excluding carboxylic acids is 2. The number of likely N-dealkylation sites (tertiary alicyclic amines) is 1. The van der Waals surface area contributed by atoms with Crippen LogP contribution in [0.25, 0.3) is 11.3 Å². The first kappa shape index (κ1) is 17.9. The minimum Gasteiger partial charge on any atom is -0.459 e. The lowest BCUT2D eigenvalue weighted by atomic mass is 10.0. The third-order valence-electron chi connectivity index (χ3n) is 5.32. The van der Waals surface area contributed by atoms with Gasteiger partial charge in [0.25, 0.3) is 0 Å². The van der Waals surface area contributed by atoms with Crippen molar-refractivity contribution in [1.29, 1.82) is 0 Å². The lowest BCUT2D eigenvalue weighted by Crippen LogP contribution is -2.52. The fourth-order valence-corrected chi connectivity index (χ4v) is 5.15. The van der Waals surface area contributed by atoms with Crippen LogP contribution in [0.5, 0.6) is 0 Å². The van der Waals surface area contributed by atoms with E-state index in [9.17, 15) is 9.59 Å². The third-order valence-corrected chi connectivity index (χ3v) is 6.88. The molecule has 6 heteroatoms. The Labute approximate surface area is 163 Å². The molecule has 0 N–H and O–H groups in total. The highest BCUT2D eigenvalue weighted by Crippen LogP contribution is 2.45. The average molecular weight is 382 g/mol. The summed E-state index contributed by atoms with van der Waals surface area (Å²) >= 11 is 1.70. The molecule has 0 saturated carbocycles. The number of thioether (sulfide) groups is 1. The summed E-state index contributed by atoms with van der Waals surface area (Å²) < 4.78 is 6.01. The smallest absolute Gasteiger partial charge is 0.245 e. The van der Waals surface area contributed by atoms with Crippen LogP contribution in [0.3, 0.4) is 0 Å². The molecule has 3 heterocycles. The molecule has 0 aliphatic carbocycles. The monoisotopic (exact) mass is 382 g/mol. The summed E-state index contributed by atoms with van der Waals surface area (Å²) in [6, 6.07) is 13.8. The predicted molar refractivity (Wildman–Crippen MR) is 106 cm³/mol. The van der Waals surface area contributed by atoms with Gasteiger partial charge in [-0.1, -0.05) is 36.9 Å². The molecule has 2 saturated heterocycles. The Balaban J connectivity index is 1.49. The van der Waals surface area contributed by atoms with Crippen molar-refractivity contribution in [2.24, 2.45) is 0 Å². The first-order valence-electron chi connectivity index (χ1n) is 9.11. The zero-order chi connectivity index (χ0) is 18.9. The number of amides is 2. The minimum absolute atomic E-state index is 0.0377. The van der Waals surface area contributed by atoms with E-state index in [0.29, 0.717) is 25.4 Å². The van der Waals surface area contributed by atoms with Gasteiger partial charge in [-0.3, -0.25) is 9.59 Å². The second-order valence-electron chi connectivity index (χ2n) is 6.88. The van der Waals surface area contributed by atoms with Gasteiger partial charge in [0.15, 0.2) is 0 Å². The number of benzene rings is 1. The maximum Gasteiger partial charge on any atom is 0.245 e. The van der Waals surface area contributed by atoms with Gasteiger partial charge in [-0.25, -0.2) is 0 Å². The lowest BCUT2D eigenvalue weighted by molar-refractivity contribution is -0.133. The number of piperidine rings is 1. The van der Waals surface area contributed by atoms with Gasteiger partial charge in [0, 0.05) is 18.7 Å². The summed E-state index contributed by atoms with van der Waals surface area (Å²) in [6.07, 6.45) is 2.90. The fraction of sp³-hybridized carbons (Fsp3) is 0.333. The first-order chi connectivity index (χ1) is 13.1. The Bertz CT molecular complexity index is 853. The largest absolute Gasteiger partial charge is 0.459 e. The predicted octanol–water partition coefficient (Wildman–Crippen LogP) is 3.53. The van der Waals surface area contributed by atoms with E-state index in [1.54, 1.807) is 16.7 Å². The number of hydrogen-bond acceptors (Lipinski definition) is 4. The Hall–Kier alpha value is -2.47. The lowest BCUT2D eigenvalue weighted by Gasteiger charge is -2.43. The van der Waals surface area contributed by atoms with Crippen LogP contribution in [-0.2, 0) is 16.1 Å². The third kappa shape index (κ3) is 3.41. The van der Waals surface area contributed by atoms with Crippen molar-refractivity contribution in [3.63, 3.8) is 0 Å². The number of carbonyl (C=O) groups is 2. The number of hydrogen-bond donors (Lipinski definition) is 0. The number of furan rings is 1. The summed E-state index contributed by atoms with van der Waals surface area (Å²) in [5, 5.41) is 0. The van der Waals surface area contributed by atoms with E-state index in [4.69, 9.17) is 4.42 Å². The van der Waals surface area contributed by atoms with Crippen LogP contribution >= 0.6 is 11.8 Å². The molecule has 2 fully saturated rings. The normalized spacial score (nSPS) is 18.9. The quantitative estimate of drug-likeness (QED) is 0.759. The highest BCUT2D eigenvalue weighted by atomic mass is 32.2. The Morgan fingerprint density at radius 3 is 2.63 bits per heavy atom. The van der Waals surface area contributed by atoms with Crippen molar-refractivity contribution in [3.05, 3.63) is 60.9 Å². The Morgan fingerprint density at radius 1 is 1.19 bits per heavy atom. The van der Waals surface area contributed by atoms with Crippen molar-refractivity contribution in [2.45, 2.75) is 24.3 Å². The number of nitrogens with zero attached hydrogens (tertiary/aromatic N) is 2. The van der Waals surface area contributed by atoms with E-state index in [-0.39, 0.29) is 16.7 Å². The van der Waals surface area contributed by atoms with Gasteiger partial charge in [0.1, 0.15) is 11.5 Å². The summed E-state index contributed by atoms with van der Waals surface area (Å²) in [4.78, 5) is 27.9. The second-order valence-corrected chi connectivity index (χ2v) is 8.21. The molecule has 4 rings (SSSR count). The van der Waals surface area contributed by atoms with Gasteiger partial charge in [-0.15, -0.1) is 11.8 Å². The van der Waals surface area contributed by atoms with Crippen molar-refractivity contribution < 1.29 is 14.0 Å². The first-order valence-corrected chi connectivity index (χ1v) is 10.1. The van der Waals surface area contributed by atoms with Crippen LogP contribution in [0.4, 0.5) is 0 Å². The van der Waals surface area contributed by atoms with E-state index in [2.05, 4.69) is 6.58 Å².